The van der Waals surface area contributed by atoms with Crippen LogP contribution < -0.4 is 4.74 Å². The van der Waals surface area contributed by atoms with Crippen molar-refractivity contribution >= 4 is 38.3 Å². The van der Waals surface area contributed by atoms with Gasteiger partial charge in [0.05, 0.1) is 12.1 Å². The van der Waals surface area contributed by atoms with E-state index in [9.17, 15) is 4.79 Å². The number of benzene rings is 2. The first kappa shape index (κ1) is 16.5. The van der Waals surface area contributed by atoms with E-state index in [0.717, 1.165) is 16.5 Å². The fourth-order valence-corrected chi connectivity index (χ4v) is 3.92. The second-order valence-electron chi connectivity index (χ2n) is 5.78. The number of nitrogens with zero attached hydrogens (tertiary/aromatic N) is 1. The molecule has 130 valence electrons. The normalized spacial score (nSPS) is 11.0. The fraction of sp³-hybridized carbons (Fsp3) is 0.143. The van der Waals surface area contributed by atoms with Crippen LogP contribution >= 0.6 is 11.3 Å². The van der Waals surface area contributed by atoms with Crippen molar-refractivity contribution in [2.45, 2.75) is 6.92 Å². The number of hydrogen-bond donors (Lipinski definition) is 0. The van der Waals surface area contributed by atoms with E-state index in [0.29, 0.717) is 12.4 Å². The molecule has 0 aliphatic heterocycles. The lowest BCUT2D eigenvalue weighted by molar-refractivity contribution is -0.145. The summed E-state index contributed by atoms with van der Waals surface area (Å²) in [4.78, 5) is 17.2. The van der Waals surface area contributed by atoms with Crippen LogP contribution in [0.25, 0.3) is 31.4 Å². The monoisotopic (exact) mass is 363 g/mol. The minimum atomic E-state index is -0.377. The average molecular weight is 363 g/mol. The van der Waals surface area contributed by atoms with E-state index in [1.54, 1.807) is 30.5 Å². The van der Waals surface area contributed by atoms with Crippen LogP contribution in [0, 0.1) is 0 Å². The van der Waals surface area contributed by atoms with Crippen LogP contribution in [0.1, 0.15) is 6.92 Å². The number of esters is 1. The molecule has 0 saturated heterocycles. The minimum absolute atomic E-state index is 0.111. The summed E-state index contributed by atoms with van der Waals surface area (Å²) in [5.41, 5.74) is 1.93. The van der Waals surface area contributed by atoms with Crippen LogP contribution in [-0.2, 0) is 9.53 Å². The SMILES string of the molecule is CCOC(=O)COc1ccnc2ccc(-c3cc4ccccc4s3)cc12. The molecule has 0 unspecified atom stereocenters. The quantitative estimate of drug-likeness (QED) is 0.465. The highest BCUT2D eigenvalue weighted by Crippen LogP contribution is 2.36. The fourth-order valence-electron chi connectivity index (χ4n) is 2.86. The zero-order valence-corrected chi connectivity index (χ0v) is 15.1. The van der Waals surface area contributed by atoms with Crippen LogP contribution in [0.15, 0.2) is 60.8 Å². The summed E-state index contributed by atoms with van der Waals surface area (Å²) >= 11 is 1.75. The molecule has 0 radical (unpaired) electrons. The van der Waals surface area contributed by atoms with Gasteiger partial charge >= 0.3 is 5.97 Å². The highest BCUT2D eigenvalue weighted by atomic mass is 32.1. The van der Waals surface area contributed by atoms with Gasteiger partial charge in [-0.25, -0.2) is 4.79 Å². The molecule has 0 N–H and O–H groups in total. The molecule has 4 aromatic rings. The molecular formula is C21H17NO3S. The predicted molar refractivity (Wildman–Crippen MR) is 105 cm³/mol. The van der Waals surface area contributed by atoms with Crippen LogP contribution in [0.3, 0.4) is 0 Å². The largest absolute Gasteiger partial charge is 0.481 e. The van der Waals surface area contributed by atoms with Gasteiger partial charge in [0.15, 0.2) is 6.61 Å². The number of thiophene rings is 1. The molecule has 4 nitrogen and oxygen atoms in total. The van der Waals surface area contributed by atoms with Crippen molar-refractivity contribution in [1.82, 2.24) is 4.98 Å². The average Bonchev–Trinajstić information content (AvgIpc) is 3.10. The number of fused-ring (bicyclic) bond motifs is 2. The minimum Gasteiger partial charge on any atom is -0.481 e. The van der Waals surface area contributed by atoms with E-state index in [2.05, 4.69) is 35.3 Å². The molecule has 0 amide bonds. The number of carbonyl (C=O) groups is 1. The molecule has 0 fully saturated rings. The molecule has 0 aliphatic carbocycles. The van der Waals surface area contributed by atoms with Crippen LogP contribution in [0.5, 0.6) is 5.75 Å². The molecule has 2 aromatic carbocycles. The maximum Gasteiger partial charge on any atom is 0.344 e. The highest BCUT2D eigenvalue weighted by Gasteiger charge is 2.10. The Morgan fingerprint density at radius 1 is 1.12 bits per heavy atom. The van der Waals surface area contributed by atoms with Crippen molar-refractivity contribution in [2.24, 2.45) is 0 Å². The third-order valence-corrected chi connectivity index (χ3v) is 5.23. The molecule has 0 saturated carbocycles. The van der Waals surface area contributed by atoms with Gasteiger partial charge in [0.2, 0.25) is 0 Å². The second-order valence-corrected chi connectivity index (χ2v) is 6.87. The van der Waals surface area contributed by atoms with E-state index < -0.39 is 0 Å². The summed E-state index contributed by atoms with van der Waals surface area (Å²) in [5, 5.41) is 2.12. The van der Waals surface area contributed by atoms with Gasteiger partial charge in [-0.2, -0.15) is 0 Å². The zero-order valence-electron chi connectivity index (χ0n) is 14.3. The van der Waals surface area contributed by atoms with E-state index >= 15 is 0 Å². The van der Waals surface area contributed by atoms with Gasteiger partial charge in [-0.05, 0) is 48.2 Å². The van der Waals surface area contributed by atoms with Gasteiger partial charge in [0.1, 0.15) is 5.75 Å². The number of carbonyl (C=O) groups excluding carboxylic acids is 1. The van der Waals surface area contributed by atoms with Crippen LogP contribution in [0.2, 0.25) is 0 Å². The Bertz CT molecular complexity index is 1050. The molecule has 0 aliphatic rings. The number of pyridine rings is 1. The molecule has 0 bridgehead atoms. The molecule has 0 atom stereocenters. The zero-order chi connectivity index (χ0) is 17.9. The van der Waals surface area contributed by atoms with Crippen LogP contribution in [-0.4, -0.2) is 24.2 Å². The summed E-state index contributed by atoms with van der Waals surface area (Å²) in [7, 11) is 0. The molecule has 2 aromatic heterocycles. The van der Waals surface area contributed by atoms with Gasteiger partial charge < -0.3 is 9.47 Å². The number of aromatic nitrogens is 1. The van der Waals surface area contributed by atoms with E-state index in [1.807, 2.05) is 18.2 Å². The van der Waals surface area contributed by atoms with Crippen molar-refractivity contribution in [3.8, 4) is 16.2 Å². The van der Waals surface area contributed by atoms with Crippen molar-refractivity contribution in [2.75, 3.05) is 13.2 Å². The van der Waals surface area contributed by atoms with Crippen molar-refractivity contribution < 1.29 is 14.3 Å². The Morgan fingerprint density at radius 2 is 2.00 bits per heavy atom. The smallest absolute Gasteiger partial charge is 0.344 e. The summed E-state index contributed by atoms with van der Waals surface area (Å²) < 4.78 is 11.9. The second kappa shape index (κ2) is 7.14. The van der Waals surface area contributed by atoms with E-state index in [4.69, 9.17) is 9.47 Å². The van der Waals surface area contributed by atoms with E-state index in [-0.39, 0.29) is 12.6 Å². The third kappa shape index (κ3) is 3.26. The van der Waals surface area contributed by atoms with Crippen LogP contribution in [0.4, 0.5) is 0 Å². The Morgan fingerprint density at radius 3 is 2.85 bits per heavy atom. The summed E-state index contributed by atoms with van der Waals surface area (Å²) in [6.45, 7) is 2.01. The predicted octanol–water partition coefficient (Wildman–Crippen LogP) is 5.06. The lowest BCUT2D eigenvalue weighted by Gasteiger charge is -2.09. The Balaban J connectivity index is 1.71. The lowest BCUT2D eigenvalue weighted by Crippen LogP contribution is -2.14. The molecule has 4 rings (SSSR count). The first-order valence-corrected chi connectivity index (χ1v) is 9.22. The molecule has 2 heterocycles. The maximum atomic E-state index is 11.6. The van der Waals surface area contributed by atoms with Crippen molar-refractivity contribution in [3.05, 3.63) is 60.8 Å². The molecule has 26 heavy (non-hydrogen) atoms. The Labute approximate surface area is 155 Å². The molecular weight excluding hydrogens is 346 g/mol. The van der Waals surface area contributed by atoms with Gasteiger partial charge in [0.25, 0.3) is 0 Å². The first-order valence-electron chi connectivity index (χ1n) is 8.41. The third-order valence-electron chi connectivity index (χ3n) is 4.06. The summed E-state index contributed by atoms with van der Waals surface area (Å²) in [6, 6.07) is 18.4. The van der Waals surface area contributed by atoms with Gasteiger partial charge in [-0.3, -0.25) is 4.98 Å². The Hall–Kier alpha value is -2.92. The molecule has 0 spiro atoms. The maximum absolute atomic E-state index is 11.6. The highest BCUT2D eigenvalue weighted by molar-refractivity contribution is 7.22. The standard InChI is InChI=1S/C21H17NO3S/c1-2-24-21(23)13-25-18-9-10-22-17-8-7-15(11-16(17)18)20-12-14-5-3-4-6-19(14)26-20/h3-12H,2,13H2,1H3. The first-order chi connectivity index (χ1) is 12.7. The van der Waals surface area contributed by atoms with Gasteiger partial charge in [-0.15, -0.1) is 11.3 Å². The Kier molecular flexibility index (Phi) is 4.54. The summed E-state index contributed by atoms with van der Waals surface area (Å²) in [5.74, 6) is 0.254. The summed E-state index contributed by atoms with van der Waals surface area (Å²) in [6.07, 6.45) is 1.68. The lowest BCUT2D eigenvalue weighted by atomic mass is 10.1. The van der Waals surface area contributed by atoms with Crippen molar-refractivity contribution in [1.29, 1.82) is 0 Å². The number of rotatable bonds is 5. The number of hydrogen-bond acceptors (Lipinski definition) is 5. The topological polar surface area (TPSA) is 48.4 Å². The van der Waals surface area contributed by atoms with Gasteiger partial charge in [-0.1, -0.05) is 24.3 Å². The van der Waals surface area contributed by atoms with Crippen molar-refractivity contribution in [3.63, 3.8) is 0 Å². The number of ether oxygens (including phenoxy) is 2. The van der Waals surface area contributed by atoms with Gasteiger partial charge in [0, 0.05) is 21.2 Å². The molecule has 5 heteroatoms. The van der Waals surface area contributed by atoms with E-state index in [1.165, 1.54) is 15.0 Å².